The van der Waals surface area contributed by atoms with E-state index < -0.39 is 52.8 Å². The van der Waals surface area contributed by atoms with Gasteiger partial charge in [-0.05, 0) is 47.7 Å². The number of esters is 2. The van der Waals surface area contributed by atoms with Crippen molar-refractivity contribution in [2.45, 2.75) is 47.9 Å². The minimum Gasteiger partial charge on any atom is -0.461 e. The molecule has 8 nitrogen and oxygen atoms in total. The zero-order valence-electron chi connectivity index (χ0n) is 20.9. The Bertz CT molecular complexity index is 1400. The molecule has 15 heteroatoms. The highest BCUT2D eigenvalue weighted by molar-refractivity contribution is 7.99. The minimum atomic E-state index is -4.51. The summed E-state index contributed by atoms with van der Waals surface area (Å²) < 4.78 is 87.7. The molecule has 1 heterocycles. The third-order valence-corrected chi connectivity index (χ3v) is 8.45. The molecule has 218 valence electrons. The molecule has 3 N–H and O–H groups in total. The maximum atomic E-state index is 13.2. The van der Waals surface area contributed by atoms with Gasteiger partial charge in [0.1, 0.15) is 25.1 Å². The van der Waals surface area contributed by atoms with Crippen molar-refractivity contribution in [3.05, 3.63) is 77.1 Å². The number of ether oxygens (including phenoxy) is 2. The van der Waals surface area contributed by atoms with E-state index >= 15 is 0 Å². The van der Waals surface area contributed by atoms with E-state index in [2.05, 4.69) is 15.2 Å². The maximum absolute atomic E-state index is 13.2. The molecule has 0 spiro atoms. The summed E-state index contributed by atoms with van der Waals surface area (Å²) in [6.45, 7) is -0.601. The molecule has 0 amide bonds. The molecule has 0 aliphatic heterocycles. The van der Waals surface area contributed by atoms with E-state index in [9.17, 15) is 35.9 Å². The molecule has 2 aliphatic carbocycles. The number of fused-ring (bicyclic) bond motifs is 1. The molecule has 1 aromatic heterocycles. The van der Waals surface area contributed by atoms with Crippen molar-refractivity contribution in [2.24, 2.45) is 23.5 Å². The van der Waals surface area contributed by atoms with E-state index in [1.807, 2.05) is 0 Å². The van der Waals surface area contributed by atoms with E-state index in [1.54, 1.807) is 0 Å². The zero-order chi connectivity index (χ0) is 29.6. The fourth-order valence-corrected chi connectivity index (χ4v) is 6.56. The number of nitrogens with zero attached hydrogens (tertiary/aromatic N) is 2. The number of H-pyrrole nitrogens is 1. The Hall–Kier alpha value is -3.59. The van der Waals surface area contributed by atoms with Gasteiger partial charge in [0.2, 0.25) is 5.16 Å². The number of carbonyl (C=O) groups excluding carboxylic acids is 2. The van der Waals surface area contributed by atoms with Crippen LogP contribution >= 0.6 is 11.8 Å². The van der Waals surface area contributed by atoms with Gasteiger partial charge in [-0.2, -0.15) is 26.3 Å². The number of aromatic amines is 1. The average Bonchev–Trinajstić information content (AvgIpc) is 3.34. The van der Waals surface area contributed by atoms with Crippen LogP contribution in [0.15, 0.2) is 60.0 Å². The lowest BCUT2D eigenvalue weighted by Gasteiger charge is -2.27. The molecule has 2 aromatic carbocycles. The standard InChI is InChI=1S/C26H22F6N4O4S/c27-25(28,29)15-5-1-13(2-6-15)10-39-21(37)19-18-17(41-23-34-12-35-36-23)9-24(33,20(18)19)22(38)40-11-14-3-7-16(8-4-14)26(30,31)32/h1-8,12,17-20H,9-11,33H2,(H,34,35,36)/t17-,18-,19-,20-,24-/m0/s1. The van der Waals surface area contributed by atoms with Crippen molar-refractivity contribution in [3.63, 3.8) is 0 Å². The number of alkyl halides is 6. The van der Waals surface area contributed by atoms with Crippen molar-refractivity contribution in [2.75, 3.05) is 0 Å². The Morgan fingerprint density at radius 2 is 1.46 bits per heavy atom. The van der Waals surface area contributed by atoms with Crippen LogP contribution in [-0.2, 0) is 44.6 Å². The molecule has 3 aromatic rings. The Morgan fingerprint density at radius 1 is 0.927 bits per heavy atom. The van der Waals surface area contributed by atoms with Crippen molar-refractivity contribution in [3.8, 4) is 0 Å². The number of hydrogen-bond donors (Lipinski definition) is 2. The first kappa shape index (κ1) is 28.9. The summed E-state index contributed by atoms with van der Waals surface area (Å²) in [6, 6.07) is 8.32. The predicted octanol–water partition coefficient (Wildman–Crippen LogP) is 4.75. The molecule has 0 radical (unpaired) electrons. The van der Waals surface area contributed by atoms with Crippen LogP contribution in [0.4, 0.5) is 26.3 Å². The third-order valence-electron chi connectivity index (χ3n) is 7.25. The fraction of sp³-hybridized carbons (Fsp3) is 0.385. The fourth-order valence-electron chi connectivity index (χ4n) is 5.21. The molecule has 2 saturated carbocycles. The molecule has 0 saturated heterocycles. The number of thioether (sulfide) groups is 1. The highest BCUT2D eigenvalue weighted by Crippen LogP contribution is 2.65. The summed E-state index contributed by atoms with van der Waals surface area (Å²) in [6.07, 6.45) is -7.52. The molecule has 0 unspecified atom stereocenters. The van der Waals surface area contributed by atoms with Gasteiger partial charge in [0, 0.05) is 11.2 Å². The second-order valence-electron chi connectivity index (χ2n) is 9.88. The lowest BCUT2D eigenvalue weighted by atomic mass is 9.91. The molecule has 41 heavy (non-hydrogen) atoms. The second kappa shape index (κ2) is 10.7. The molecule has 0 bridgehead atoms. The summed E-state index contributed by atoms with van der Waals surface area (Å²) >= 11 is 1.22. The van der Waals surface area contributed by atoms with E-state index in [4.69, 9.17) is 15.2 Å². The van der Waals surface area contributed by atoms with Gasteiger partial charge in [-0.25, -0.2) is 4.98 Å². The van der Waals surface area contributed by atoms with Crippen molar-refractivity contribution >= 4 is 23.7 Å². The molecule has 2 fully saturated rings. The number of carbonyl (C=O) groups is 2. The number of halogens is 6. The van der Waals surface area contributed by atoms with Gasteiger partial charge in [0.25, 0.3) is 0 Å². The summed E-state index contributed by atoms with van der Waals surface area (Å²) in [5.41, 5.74) is 3.94. The van der Waals surface area contributed by atoms with Crippen LogP contribution in [0.1, 0.15) is 28.7 Å². The number of nitrogens with one attached hydrogen (secondary N) is 1. The first-order valence-electron chi connectivity index (χ1n) is 12.2. The third kappa shape index (κ3) is 6.05. The number of nitrogens with two attached hydrogens (primary N) is 1. The van der Waals surface area contributed by atoms with E-state index in [0.717, 1.165) is 24.3 Å². The lowest BCUT2D eigenvalue weighted by molar-refractivity contribution is -0.154. The Kier molecular flexibility index (Phi) is 7.53. The monoisotopic (exact) mass is 600 g/mol. The quantitative estimate of drug-likeness (QED) is 0.281. The maximum Gasteiger partial charge on any atom is 0.416 e. The average molecular weight is 601 g/mol. The van der Waals surface area contributed by atoms with Crippen LogP contribution in [0.25, 0.3) is 0 Å². The van der Waals surface area contributed by atoms with E-state index in [-0.39, 0.29) is 30.8 Å². The number of aromatic nitrogens is 3. The highest BCUT2D eigenvalue weighted by Gasteiger charge is 2.74. The first-order chi connectivity index (χ1) is 19.3. The largest absolute Gasteiger partial charge is 0.461 e. The predicted molar refractivity (Wildman–Crippen MR) is 131 cm³/mol. The van der Waals surface area contributed by atoms with Crippen LogP contribution in [0.5, 0.6) is 0 Å². The van der Waals surface area contributed by atoms with Gasteiger partial charge in [0.05, 0.1) is 17.0 Å². The molecular formula is C26H22F6N4O4S. The van der Waals surface area contributed by atoms with Crippen molar-refractivity contribution in [1.29, 1.82) is 0 Å². The van der Waals surface area contributed by atoms with E-state index in [0.29, 0.717) is 16.3 Å². The van der Waals surface area contributed by atoms with Gasteiger partial charge >= 0.3 is 24.3 Å². The first-order valence-corrected chi connectivity index (χ1v) is 13.1. The number of hydrogen-bond acceptors (Lipinski definition) is 8. The Labute approximate surface area is 233 Å². The van der Waals surface area contributed by atoms with Gasteiger partial charge in [-0.3, -0.25) is 14.7 Å². The second-order valence-corrected chi connectivity index (χ2v) is 11.1. The van der Waals surface area contributed by atoms with Crippen LogP contribution in [0.3, 0.4) is 0 Å². The normalized spacial score (nSPS) is 25.4. The van der Waals surface area contributed by atoms with Gasteiger partial charge in [0.15, 0.2) is 0 Å². The van der Waals surface area contributed by atoms with Gasteiger partial charge in [-0.1, -0.05) is 36.0 Å². The van der Waals surface area contributed by atoms with Crippen LogP contribution < -0.4 is 5.73 Å². The van der Waals surface area contributed by atoms with Crippen LogP contribution in [-0.4, -0.2) is 37.9 Å². The SMILES string of the molecule is N[C@@]1(C(=O)OCc2ccc(C(F)(F)F)cc2)C[C@H](Sc2nc[nH]n2)[C@H]2[C@H](C(=O)OCc3ccc(C(F)(F)F)cc3)[C@H]21. The van der Waals surface area contributed by atoms with Gasteiger partial charge in [-0.15, -0.1) is 5.10 Å². The Morgan fingerprint density at radius 3 is 1.95 bits per heavy atom. The number of rotatable bonds is 8. The zero-order valence-corrected chi connectivity index (χ0v) is 21.7. The highest BCUT2D eigenvalue weighted by atomic mass is 32.2. The molecular weight excluding hydrogens is 578 g/mol. The summed E-state index contributed by atoms with van der Waals surface area (Å²) in [4.78, 5) is 30.3. The minimum absolute atomic E-state index is 0.121. The Balaban J connectivity index is 1.26. The van der Waals surface area contributed by atoms with Gasteiger partial charge < -0.3 is 15.2 Å². The molecule has 5 rings (SSSR count). The summed E-state index contributed by atoms with van der Waals surface area (Å²) in [5, 5.41) is 6.58. The van der Waals surface area contributed by atoms with Crippen LogP contribution in [0.2, 0.25) is 0 Å². The van der Waals surface area contributed by atoms with E-state index in [1.165, 1.54) is 42.4 Å². The summed E-state index contributed by atoms with van der Waals surface area (Å²) in [7, 11) is 0. The lowest BCUT2D eigenvalue weighted by Crippen LogP contribution is -2.51. The molecule has 5 atom stereocenters. The molecule has 2 aliphatic rings. The smallest absolute Gasteiger partial charge is 0.416 e. The number of benzene rings is 2. The van der Waals surface area contributed by atoms with Crippen molar-refractivity contribution in [1.82, 2.24) is 15.2 Å². The topological polar surface area (TPSA) is 120 Å². The van der Waals surface area contributed by atoms with Crippen LogP contribution in [0, 0.1) is 17.8 Å². The summed E-state index contributed by atoms with van der Waals surface area (Å²) in [5.74, 6) is -3.30. The van der Waals surface area contributed by atoms with Crippen molar-refractivity contribution < 1.29 is 45.4 Å².